The number of nitrogens with zero attached hydrogens (tertiary/aromatic N) is 2. The Morgan fingerprint density at radius 3 is 2.78 bits per heavy atom. The predicted octanol–water partition coefficient (Wildman–Crippen LogP) is 2.12. The van der Waals surface area contributed by atoms with Crippen LogP contribution in [0.2, 0.25) is 0 Å². The Morgan fingerprint density at radius 2 is 2.17 bits per heavy atom. The molecule has 0 spiro atoms. The van der Waals surface area contributed by atoms with Crippen LogP contribution in [0, 0.1) is 6.92 Å². The van der Waals surface area contributed by atoms with E-state index in [-0.39, 0.29) is 5.97 Å². The summed E-state index contributed by atoms with van der Waals surface area (Å²) < 4.78 is 5.67. The van der Waals surface area contributed by atoms with Crippen molar-refractivity contribution >= 4 is 5.97 Å². The van der Waals surface area contributed by atoms with E-state index in [0.717, 1.165) is 30.6 Å². The van der Waals surface area contributed by atoms with Crippen LogP contribution in [0.1, 0.15) is 41.4 Å². The van der Waals surface area contributed by atoms with Crippen molar-refractivity contribution in [1.82, 2.24) is 9.88 Å². The summed E-state index contributed by atoms with van der Waals surface area (Å²) in [6, 6.07) is 1.99. The Morgan fingerprint density at radius 1 is 1.44 bits per heavy atom. The first-order valence-corrected chi connectivity index (χ1v) is 6.34. The molecule has 0 radical (unpaired) electrons. The number of pyridine rings is 1. The van der Waals surface area contributed by atoms with Crippen molar-refractivity contribution in [3.63, 3.8) is 0 Å². The minimum Gasteiger partial charge on any atom is -0.450 e. The van der Waals surface area contributed by atoms with E-state index < -0.39 is 5.60 Å². The van der Waals surface area contributed by atoms with Crippen LogP contribution in [0.3, 0.4) is 0 Å². The van der Waals surface area contributed by atoms with Crippen molar-refractivity contribution < 1.29 is 9.53 Å². The van der Waals surface area contributed by atoms with Crippen molar-refractivity contribution in [2.24, 2.45) is 0 Å². The highest BCUT2D eigenvalue weighted by atomic mass is 16.6. The Kier molecular flexibility index (Phi) is 3.39. The normalized spacial score (nSPS) is 22.2. The molecular weight excluding hydrogens is 228 g/mol. The lowest BCUT2D eigenvalue weighted by atomic mass is 9.87. The number of hydrogen-bond acceptors (Lipinski definition) is 4. The van der Waals surface area contributed by atoms with Gasteiger partial charge in [0.2, 0.25) is 0 Å². The molecule has 1 aromatic rings. The van der Waals surface area contributed by atoms with Crippen molar-refractivity contribution in [2.75, 3.05) is 20.6 Å². The van der Waals surface area contributed by atoms with E-state index in [1.54, 1.807) is 6.20 Å². The Hall–Kier alpha value is -1.42. The highest BCUT2D eigenvalue weighted by Gasteiger charge is 2.44. The topological polar surface area (TPSA) is 42.4 Å². The van der Waals surface area contributed by atoms with Crippen LogP contribution >= 0.6 is 0 Å². The van der Waals surface area contributed by atoms with Crippen molar-refractivity contribution in [3.05, 3.63) is 29.1 Å². The lowest BCUT2D eigenvalue weighted by Crippen LogP contribution is -2.30. The highest BCUT2D eigenvalue weighted by molar-refractivity contribution is 5.94. The van der Waals surface area contributed by atoms with Gasteiger partial charge in [-0.2, -0.15) is 0 Å². The van der Waals surface area contributed by atoms with E-state index in [0.29, 0.717) is 5.56 Å². The molecule has 4 heteroatoms. The van der Waals surface area contributed by atoms with Gasteiger partial charge in [-0.3, -0.25) is 4.98 Å². The quantitative estimate of drug-likeness (QED) is 0.765. The monoisotopic (exact) mass is 248 g/mol. The van der Waals surface area contributed by atoms with Gasteiger partial charge in [-0.1, -0.05) is 6.92 Å². The molecule has 98 valence electrons. The van der Waals surface area contributed by atoms with E-state index in [1.807, 2.05) is 27.1 Å². The largest absolute Gasteiger partial charge is 0.450 e. The first-order chi connectivity index (χ1) is 8.48. The van der Waals surface area contributed by atoms with Gasteiger partial charge in [-0.05, 0) is 33.5 Å². The maximum absolute atomic E-state index is 11.9. The minimum absolute atomic E-state index is 0.238. The number of fused-ring (bicyclic) bond motifs is 1. The van der Waals surface area contributed by atoms with E-state index in [1.165, 1.54) is 0 Å². The second-order valence-electron chi connectivity index (χ2n) is 5.16. The molecule has 0 amide bonds. The molecule has 0 N–H and O–H groups in total. The molecular formula is C14H20N2O2. The van der Waals surface area contributed by atoms with Gasteiger partial charge in [-0.25, -0.2) is 4.79 Å². The van der Waals surface area contributed by atoms with Crippen molar-refractivity contribution in [1.29, 1.82) is 0 Å². The van der Waals surface area contributed by atoms with Gasteiger partial charge in [0, 0.05) is 30.4 Å². The molecule has 1 atom stereocenters. The summed E-state index contributed by atoms with van der Waals surface area (Å²) in [5.41, 5.74) is 2.09. The summed E-state index contributed by atoms with van der Waals surface area (Å²) in [6.45, 7) is 4.89. The standard InChI is InChI=1S/C14H20N2O2/c1-5-14(6-7-16(3)4)12-8-10(2)15-9-11(12)13(17)18-14/h8-9H,5-7H2,1-4H3. The van der Waals surface area contributed by atoms with Crippen LogP contribution in [0.4, 0.5) is 0 Å². The number of aromatic nitrogens is 1. The average Bonchev–Trinajstić information content (AvgIpc) is 2.60. The first kappa shape index (κ1) is 13.0. The second kappa shape index (κ2) is 4.69. The van der Waals surface area contributed by atoms with Crippen LogP contribution in [-0.4, -0.2) is 36.5 Å². The molecule has 0 aliphatic carbocycles. The van der Waals surface area contributed by atoms with Gasteiger partial charge >= 0.3 is 5.97 Å². The zero-order valence-corrected chi connectivity index (χ0v) is 11.5. The third kappa shape index (κ3) is 2.12. The fourth-order valence-electron chi connectivity index (χ4n) is 2.42. The molecule has 4 nitrogen and oxygen atoms in total. The Labute approximate surface area is 108 Å². The van der Waals surface area contributed by atoms with Crippen LogP contribution in [0.15, 0.2) is 12.3 Å². The molecule has 0 bridgehead atoms. The summed E-state index contributed by atoms with van der Waals surface area (Å²) in [7, 11) is 4.05. The smallest absolute Gasteiger partial charge is 0.341 e. The second-order valence-corrected chi connectivity index (χ2v) is 5.16. The van der Waals surface area contributed by atoms with E-state index in [4.69, 9.17) is 4.74 Å². The summed E-state index contributed by atoms with van der Waals surface area (Å²) in [6.07, 6.45) is 3.25. The number of ether oxygens (including phenoxy) is 1. The van der Waals surface area contributed by atoms with Crippen molar-refractivity contribution in [3.8, 4) is 0 Å². The van der Waals surface area contributed by atoms with Crippen LogP contribution in [-0.2, 0) is 10.3 Å². The van der Waals surface area contributed by atoms with E-state index in [9.17, 15) is 4.79 Å². The summed E-state index contributed by atoms with van der Waals surface area (Å²) in [5.74, 6) is -0.238. The summed E-state index contributed by atoms with van der Waals surface area (Å²) >= 11 is 0. The predicted molar refractivity (Wildman–Crippen MR) is 69.5 cm³/mol. The first-order valence-electron chi connectivity index (χ1n) is 6.34. The molecule has 18 heavy (non-hydrogen) atoms. The number of esters is 1. The minimum atomic E-state index is -0.468. The lowest BCUT2D eigenvalue weighted by Gasteiger charge is -2.29. The summed E-state index contributed by atoms with van der Waals surface area (Å²) in [4.78, 5) is 18.2. The lowest BCUT2D eigenvalue weighted by molar-refractivity contribution is -0.0179. The van der Waals surface area contributed by atoms with Gasteiger partial charge in [-0.15, -0.1) is 0 Å². The maximum atomic E-state index is 11.9. The third-order valence-corrected chi connectivity index (χ3v) is 3.57. The molecule has 2 heterocycles. The zero-order chi connectivity index (χ0) is 13.3. The van der Waals surface area contributed by atoms with Gasteiger partial charge in [0.25, 0.3) is 0 Å². The van der Waals surface area contributed by atoms with E-state index in [2.05, 4.69) is 16.8 Å². The number of cyclic esters (lactones) is 1. The molecule has 1 aliphatic rings. The molecule has 1 aliphatic heterocycles. The fraction of sp³-hybridized carbons (Fsp3) is 0.571. The molecule has 0 saturated heterocycles. The van der Waals surface area contributed by atoms with Gasteiger partial charge < -0.3 is 9.64 Å². The molecule has 1 aromatic heterocycles. The highest BCUT2D eigenvalue weighted by Crippen LogP contribution is 2.41. The number of carbonyl (C=O) groups is 1. The SMILES string of the molecule is CCC1(CCN(C)C)OC(=O)c2cnc(C)cc21. The zero-order valence-electron chi connectivity index (χ0n) is 11.5. The molecule has 0 aromatic carbocycles. The van der Waals surface area contributed by atoms with E-state index >= 15 is 0 Å². The number of hydrogen-bond donors (Lipinski definition) is 0. The van der Waals surface area contributed by atoms with Crippen molar-refractivity contribution in [2.45, 2.75) is 32.3 Å². The van der Waals surface area contributed by atoms with Crippen LogP contribution in [0.25, 0.3) is 0 Å². The average molecular weight is 248 g/mol. The van der Waals surface area contributed by atoms with Crippen LogP contribution < -0.4 is 0 Å². The number of carbonyl (C=O) groups excluding carboxylic acids is 1. The Bertz CT molecular complexity index is 471. The number of aryl methyl sites for hydroxylation is 1. The number of rotatable bonds is 4. The third-order valence-electron chi connectivity index (χ3n) is 3.57. The maximum Gasteiger partial charge on any atom is 0.341 e. The molecule has 0 saturated carbocycles. The van der Waals surface area contributed by atoms with Gasteiger partial charge in [0.15, 0.2) is 0 Å². The Balaban J connectivity index is 2.40. The molecule has 1 unspecified atom stereocenters. The van der Waals surface area contributed by atoms with Crippen LogP contribution in [0.5, 0.6) is 0 Å². The van der Waals surface area contributed by atoms with Gasteiger partial charge in [0.05, 0.1) is 5.56 Å². The fourth-order valence-corrected chi connectivity index (χ4v) is 2.42. The summed E-state index contributed by atoms with van der Waals surface area (Å²) in [5, 5.41) is 0. The molecule has 2 rings (SSSR count). The van der Waals surface area contributed by atoms with Gasteiger partial charge in [0.1, 0.15) is 5.60 Å². The molecule has 0 fully saturated rings.